The number of aromatic nitrogens is 2. The number of benzene rings is 1. The fourth-order valence-corrected chi connectivity index (χ4v) is 4.40. The minimum atomic E-state index is -0.658. The molecule has 28 heavy (non-hydrogen) atoms. The van der Waals surface area contributed by atoms with Gasteiger partial charge in [-0.15, -0.1) is 0 Å². The number of carbonyl (C=O) groups excluding carboxylic acids is 1. The third-order valence-electron chi connectivity index (χ3n) is 6.08. The molecule has 0 spiro atoms. The van der Waals surface area contributed by atoms with Gasteiger partial charge >= 0.3 is 0 Å². The summed E-state index contributed by atoms with van der Waals surface area (Å²) in [5, 5.41) is 15.0. The van der Waals surface area contributed by atoms with Crippen molar-refractivity contribution < 1.29 is 14.3 Å². The van der Waals surface area contributed by atoms with Crippen molar-refractivity contribution in [2.45, 2.75) is 44.2 Å². The lowest BCUT2D eigenvalue weighted by Gasteiger charge is -2.47. The number of nitrogens with zero attached hydrogens (tertiary/aromatic N) is 3. The highest BCUT2D eigenvalue weighted by Gasteiger charge is 2.43. The summed E-state index contributed by atoms with van der Waals surface area (Å²) in [4.78, 5) is 26.7. The first-order valence-electron chi connectivity index (χ1n) is 9.79. The second-order valence-electron chi connectivity index (χ2n) is 7.83. The van der Waals surface area contributed by atoms with E-state index in [1.54, 1.807) is 23.1 Å². The lowest BCUT2D eigenvalue weighted by molar-refractivity contribution is -0.144. The fourth-order valence-electron chi connectivity index (χ4n) is 4.40. The van der Waals surface area contributed by atoms with E-state index in [9.17, 15) is 19.1 Å². The fraction of sp³-hybridized carbons (Fsp3) is 0.476. The number of fused-ring (bicyclic) bond motifs is 1. The number of carbonyl (C=O) groups is 1. The summed E-state index contributed by atoms with van der Waals surface area (Å²) in [5.41, 5.74) is -0.464. The van der Waals surface area contributed by atoms with Crippen LogP contribution >= 0.6 is 0 Å². The quantitative estimate of drug-likeness (QED) is 0.879. The van der Waals surface area contributed by atoms with Gasteiger partial charge in [0.05, 0.1) is 11.3 Å². The Labute approximate surface area is 162 Å². The monoisotopic (exact) mass is 385 g/mol. The maximum Gasteiger partial charge on any atom is 0.267 e. The molecular weight excluding hydrogens is 361 g/mol. The van der Waals surface area contributed by atoms with Crippen LogP contribution in [0.5, 0.6) is 0 Å². The number of likely N-dealkylation sites (tertiary alicyclic amines) is 1. The van der Waals surface area contributed by atoms with Gasteiger partial charge in [0, 0.05) is 30.6 Å². The summed E-state index contributed by atoms with van der Waals surface area (Å²) in [6.07, 6.45) is 4.39. The van der Waals surface area contributed by atoms with Crippen molar-refractivity contribution in [1.82, 2.24) is 14.7 Å². The highest BCUT2D eigenvalue weighted by Crippen LogP contribution is 2.39. The van der Waals surface area contributed by atoms with Crippen LogP contribution in [0.2, 0.25) is 0 Å². The molecule has 6 nitrogen and oxygen atoms in total. The molecule has 2 unspecified atom stereocenters. The zero-order valence-corrected chi connectivity index (χ0v) is 15.7. The van der Waals surface area contributed by atoms with Crippen molar-refractivity contribution in [3.63, 3.8) is 0 Å². The van der Waals surface area contributed by atoms with E-state index < -0.39 is 17.0 Å². The van der Waals surface area contributed by atoms with E-state index in [-0.39, 0.29) is 23.9 Å². The van der Waals surface area contributed by atoms with Crippen LogP contribution in [0.25, 0.3) is 11.3 Å². The van der Waals surface area contributed by atoms with Crippen LogP contribution in [-0.2, 0) is 11.3 Å². The molecule has 1 saturated heterocycles. The van der Waals surface area contributed by atoms with Crippen LogP contribution in [0.3, 0.4) is 0 Å². The number of hydrogen-bond acceptors (Lipinski definition) is 4. The van der Waals surface area contributed by atoms with Crippen LogP contribution in [0, 0.1) is 11.7 Å². The Balaban J connectivity index is 1.51. The first-order chi connectivity index (χ1) is 13.5. The van der Waals surface area contributed by atoms with Gasteiger partial charge in [-0.05, 0) is 37.5 Å². The molecule has 0 radical (unpaired) electrons. The Morgan fingerprint density at radius 3 is 2.86 bits per heavy atom. The number of aliphatic hydroxyl groups is 1. The predicted octanol–water partition coefficient (Wildman–Crippen LogP) is 2.20. The highest BCUT2D eigenvalue weighted by molar-refractivity contribution is 5.76. The summed E-state index contributed by atoms with van der Waals surface area (Å²) < 4.78 is 15.1. The van der Waals surface area contributed by atoms with Crippen molar-refractivity contribution in [2.24, 2.45) is 5.92 Å². The molecule has 1 amide bonds. The summed E-state index contributed by atoms with van der Waals surface area (Å²) >= 11 is 0. The van der Waals surface area contributed by atoms with E-state index in [1.165, 1.54) is 18.2 Å². The van der Waals surface area contributed by atoms with Crippen LogP contribution in [-0.4, -0.2) is 44.4 Å². The minimum absolute atomic E-state index is 0.0911. The van der Waals surface area contributed by atoms with E-state index in [1.807, 2.05) is 0 Å². The van der Waals surface area contributed by atoms with Gasteiger partial charge in [0.25, 0.3) is 5.56 Å². The van der Waals surface area contributed by atoms with Gasteiger partial charge < -0.3 is 10.0 Å². The van der Waals surface area contributed by atoms with Crippen molar-refractivity contribution in [2.75, 3.05) is 13.1 Å². The van der Waals surface area contributed by atoms with Crippen molar-refractivity contribution >= 4 is 5.91 Å². The third kappa shape index (κ3) is 3.58. The van der Waals surface area contributed by atoms with E-state index >= 15 is 0 Å². The van der Waals surface area contributed by atoms with E-state index in [0.29, 0.717) is 25.2 Å². The Morgan fingerprint density at radius 2 is 2.04 bits per heavy atom. The molecule has 1 saturated carbocycles. The predicted molar refractivity (Wildman–Crippen MR) is 102 cm³/mol. The summed E-state index contributed by atoms with van der Waals surface area (Å²) in [7, 11) is 0. The van der Waals surface area contributed by atoms with Crippen molar-refractivity contribution in [3.05, 3.63) is 52.6 Å². The molecule has 1 aliphatic carbocycles. The smallest absolute Gasteiger partial charge is 0.267 e. The van der Waals surface area contributed by atoms with Gasteiger partial charge in [0.2, 0.25) is 5.91 Å². The second kappa shape index (κ2) is 7.47. The zero-order valence-electron chi connectivity index (χ0n) is 15.7. The third-order valence-corrected chi connectivity index (χ3v) is 6.08. The molecule has 2 atom stereocenters. The average molecular weight is 385 g/mol. The molecule has 7 heteroatoms. The standard InChI is InChI=1S/C21H24FN3O3/c22-17-7-2-1-6-16(17)18-8-9-19(26)25(23-18)14-20(27)24-12-11-21(28)10-4-3-5-15(21)13-24/h1-2,6-9,15,28H,3-5,10-14H2. The zero-order chi connectivity index (χ0) is 19.7. The molecule has 1 N–H and O–H groups in total. The number of hydrogen-bond donors (Lipinski definition) is 1. The van der Waals surface area contributed by atoms with Gasteiger partial charge in [-0.25, -0.2) is 9.07 Å². The molecule has 2 heterocycles. The molecule has 148 valence electrons. The first kappa shape index (κ1) is 18.8. The topological polar surface area (TPSA) is 75.4 Å². The molecule has 4 rings (SSSR count). The number of piperidine rings is 1. The van der Waals surface area contributed by atoms with E-state index in [0.717, 1.165) is 30.4 Å². The molecule has 2 aromatic rings. The summed E-state index contributed by atoms with van der Waals surface area (Å²) in [6.45, 7) is 0.803. The van der Waals surface area contributed by atoms with Crippen molar-refractivity contribution in [1.29, 1.82) is 0 Å². The molecule has 1 aromatic heterocycles. The van der Waals surface area contributed by atoms with Gasteiger partial charge in [-0.1, -0.05) is 25.0 Å². The van der Waals surface area contributed by atoms with E-state index in [2.05, 4.69) is 5.10 Å². The molecule has 2 aliphatic rings. The Morgan fingerprint density at radius 1 is 1.21 bits per heavy atom. The Bertz CT molecular complexity index is 944. The maximum atomic E-state index is 14.0. The van der Waals surface area contributed by atoms with Crippen LogP contribution < -0.4 is 5.56 Å². The lowest BCUT2D eigenvalue weighted by atomic mass is 9.71. The molecule has 0 bridgehead atoms. The Kier molecular flexibility index (Phi) is 5.02. The largest absolute Gasteiger partial charge is 0.389 e. The van der Waals surface area contributed by atoms with Gasteiger partial charge in [-0.3, -0.25) is 9.59 Å². The van der Waals surface area contributed by atoms with E-state index in [4.69, 9.17) is 0 Å². The van der Waals surface area contributed by atoms with Gasteiger partial charge in [-0.2, -0.15) is 5.10 Å². The normalized spacial score (nSPS) is 24.6. The minimum Gasteiger partial charge on any atom is -0.389 e. The van der Waals surface area contributed by atoms with Crippen LogP contribution in [0.15, 0.2) is 41.2 Å². The number of halogens is 1. The van der Waals surface area contributed by atoms with Gasteiger partial charge in [0.1, 0.15) is 12.4 Å². The first-order valence-corrected chi connectivity index (χ1v) is 9.79. The van der Waals surface area contributed by atoms with Gasteiger partial charge in [0.15, 0.2) is 0 Å². The summed E-state index contributed by atoms with van der Waals surface area (Å²) in [6, 6.07) is 8.96. The molecule has 1 aromatic carbocycles. The molecule has 2 fully saturated rings. The second-order valence-corrected chi connectivity index (χ2v) is 7.83. The van der Waals surface area contributed by atoms with Crippen LogP contribution in [0.1, 0.15) is 32.1 Å². The van der Waals surface area contributed by atoms with Crippen LogP contribution in [0.4, 0.5) is 4.39 Å². The number of rotatable bonds is 3. The Hall–Kier alpha value is -2.54. The highest BCUT2D eigenvalue weighted by atomic mass is 19.1. The van der Waals surface area contributed by atoms with Crippen molar-refractivity contribution in [3.8, 4) is 11.3 Å². The average Bonchev–Trinajstić information content (AvgIpc) is 2.69. The SMILES string of the molecule is O=C(Cn1nc(-c2ccccc2F)ccc1=O)N1CCC2(O)CCCCC2C1. The maximum absolute atomic E-state index is 14.0. The molecule has 1 aliphatic heterocycles. The summed E-state index contributed by atoms with van der Waals surface area (Å²) in [5.74, 6) is -0.541. The lowest BCUT2D eigenvalue weighted by Crippen LogP contribution is -2.55. The molecular formula is C21H24FN3O3. The number of amides is 1.